The van der Waals surface area contributed by atoms with E-state index in [9.17, 15) is 10.1 Å². The van der Waals surface area contributed by atoms with Crippen molar-refractivity contribution in [2.24, 2.45) is 11.7 Å². The molecule has 0 saturated heterocycles. The summed E-state index contributed by atoms with van der Waals surface area (Å²) in [6.45, 7) is 2.60. The van der Waals surface area contributed by atoms with Gasteiger partial charge in [0.15, 0.2) is 0 Å². The maximum Gasteiger partial charge on any atom is 0.292 e. The number of aryl methyl sites for hydroxylation is 1. The summed E-state index contributed by atoms with van der Waals surface area (Å²) in [5.74, 6) is 0.435. The zero-order valence-electron chi connectivity index (χ0n) is 11.5. The molecule has 2 rings (SSSR count). The zero-order valence-corrected chi connectivity index (χ0v) is 11.5. The highest BCUT2D eigenvalue weighted by molar-refractivity contribution is 5.64. The highest BCUT2D eigenvalue weighted by Crippen LogP contribution is 2.36. The third kappa shape index (κ3) is 2.71. The molecule has 0 radical (unpaired) electrons. The van der Waals surface area contributed by atoms with Crippen LogP contribution >= 0.6 is 0 Å². The van der Waals surface area contributed by atoms with E-state index in [1.807, 2.05) is 20.0 Å². The SMILES string of the molecule is Cc1ccc([N+](=O)[O-])c(N(C)C2CCCC2CN)c1. The Morgan fingerprint density at radius 1 is 1.47 bits per heavy atom. The second-order valence-electron chi connectivity index (χ2n) is 5.35. The molecule has 0 heterocycles. The number of nitrogens with two attached hydrogens (primary N) is 1. The molecule has 5 nitrogen and oxygen atoms in total. The number of hydrogen-bond donors (Lipinski definition) is 1. The Kier molecular flexibility index (Phi) is 4.04. The number of hydrogen-bond acceptors (Lipinski definition) is 4. The fourth-order valence-corrected chi connectivity index (χ4v) is 3.05. The summed E-state index contributed by atoms with van der Waals surface area (Å²) < 4.78 is 0. The minimum Gasteiger partial charge on any atom is -0.366 e. The van der Waals surface area contributed by atoms with Gasteiger partial charge in [-0.2, -0.15) is 0 Å². The Labute approximate surface area is 113 Å². The molecule has 1 aromatic rings. The van der Waals surface area contributed by atoms with Crippen LogP contribution in [0.5, 0.6) is 0 Å². The summed E-state index contributed by atoms with van der Waals surface area (Å²) in [5, 5.41) is 11.2. The molecule has 2 N–H and O–H groups in total. The third-order valence-electron chi connectivity index (χ3n) is 4.13. The van der Waals surface area contributed by atoms with Crippen molar-refractivity contribution < 1.29 is 4.92 Å². The average Bonchev–Trinajstić information content (AvgIpc) is 2.85. The summed E-state index contributed by atoms with van der Waals surface area (Å²) in [7, 11) is 1.94. The Morgan fingerprint density at radius 3 is 2.84 bits per heavy atom. The van der Waals surface area contributed by atoms with E-state index in [-0.39, 0.29) is 10.6 Å². The Bertz CT molecular complexity index is 476. The van der Waals surface area contributed by atoms with Gasteiger partial charge in [0.25, 0.3) is 5.69 Å². The van der Waals surface area contributed by atoms with Crippen molar-refractivity contribution in [2.75, 3.05) is 18.5 Å². The predicted molar refractivity (Wildman–Crippen MR) is 76.4 cm³/mol. The van der Waals surface area contributed by atoms with Crippen LogP contribution in [-0.2, 0) is 0 Å². The van der Waals surface area contributed by atoms with Crippen molar-refractivity contribution in [2.45, 2.75) is 32.2 Å². The van der Waals surface area contributed by atoms with Gasteiger partial charge in [-0.25, -0.2) is 0 Å². The van der Waals surface area contributed by atoms with Crippen LogP contribution in [0.4, 0.5) is 11.4 Å². The fourth-order valence-electron chi connectivity index (χ4n) is 3.05. The molecule has 0 bridgehead atoms. The van der Waals surface area contributed by atoms with E-state index >= 15 is 0 Å². The van der Waals surface area contributed by atoms with Gasteiger partial charge in [0.1, 0.15) is 5.69 Å². The van der Waals surface area contributed by atoms with E-state index in [1.54, 1.807) is 12.1 Å². The molecule has 19 heavy (non-hydrogen) atoms. The lowest BCUT2D eigenvalue weighted by molar-refractivity contribution is -0.384. The molecule has 1 aliphatic carbocycles. The minimum absolute atomic E-state index is 0.177. The predicted octanol–water partition coefficient (Wildman–Crippen LogP) is 2.47. The van der Waals surface area contributed by atoms with Gasteiger partial charge >= 0.3 is 0 Å². The molecule has 0 spiro atoms. The molecule has 5 heteroatoms. The zero-order chi connectivity index (χ0) is 14.0. The number of nitrogens with zero attached hydrogens (tertiary/aromatic N) is 2. The minimum atomic E-state index is -0.308. The van der Waals surface area contributed by atoms with E-state index in [0.717, 1.165) is 24.8 Å². The monoisotopic (exact) mass is 263 g/mol. The molecule has 1 aliphatic rings. The van der Waals surface area contributed by atoms with Crippen molar-refractivity contribution in [3.8, 4) is 0 Å². The van der Waals surface area contributed by atoms with Gasteiger partial charge in [0, 0.05) is 19.2 Å². The number of nitro benzene ring substituents is 1. The normalized spacial score (nSPS) is 22.5. The van der Waals surface area contributed by atoms with E-state index in [2.05, 4.69) is 4.90 Å². The second kappa shape index (κ2) is 5.57. The molecule has 0 amide bonds. The summed E-state index contributed by atoms with van der Waals surface area (Å²) in [4.78, 5) is 12.9. The summed E-state index contributed by atoms with van der Waals surface area (Å²) in [5.41, 5.74) is 7.72. The van der Waals surface area contributed by atoms with Crippen LogP contribution in [-0.4, -0.2) is 24.6 Å². The van der Waals surface area contributed by atoms with Crippen LogP contribution < -0.4 is 10.6 Å². The lowest BCUT2D eigenvalue weighted by Gasteiger charge is -2.30. The van der Waals surface area contributed by atoms with Crippen LogP contribution in [0.3, 0.4) is 0 Å². The first-order valence-electron chi connectivity index (χ1n) is 6.72. The molecule has 1 saturated carbocycles. The number of benzene rings is 1. The first-order chi connectivity index (χ1) is 9.04. The third-order valence-corrected chi connectivity index (χ3v) is 4.13. The summed E-state index contributed by atoms with van der Waals surface area (Å²) in [6.07, 6.45) is 3.32. The van der Waals surface area contributed by atoms with Crippen LogP contribution in [0.25, 0.3) is 0 Å². The lowest BCUT2D eigenvalue weighted by atomic mass is 10.0. The molecule has 1 fully saturated rings. The van der Waals surface area contributed by atoms with E-state index < -0.39 is 0 Å². The van der Waals surface area contributed by atoms with Crippen molar-refractivity contribution in [3.63, 3.8) is 0 Å². The van der Waals surface area contributed by atoms with E-state index in [0.29, 0.717) is 24.2 Å². The smallest absolute Gasteiger partial charge is 0.292 e. The standard InChI is InChI=1S/C14H21N3O2/c1-10-6-7-13(17(18)19)14(8-10)16(2)12-5-3-4-11(12)9-15/h6-8,11-12H,3-5,9,15H2,1-2H3. The highest BCUT2D eigenvalue weighted by Gasteiger charge is 2.32. The van der Waals surface area contributed by atoms with Crippen LogP contribution in [0.2, 0.25) is 0 Å². The van der Waals surface area contributed by atoms with Gasteiger partial charge in [0.2, 0.25) is 0 Å². The van der Waals surface area contributed by atoms with Crippen molar-refractivity contribution in [1.29, 1.82) is 0 Å². The van der Waals surface area contributed by atoms with Gasteiger partial charge in [-0.15, -0.1) is 0 Å². The van der Waals surface area contributed by atoms with E-state index in [4.69, 9.17) is 5.73 Å². The average molecular weight is 263 g/mol. The van der Waals surface area contributed by atoms with Crippen LogP contribution in [0.15, 0.2) is 18.2 Å². The maximum atomic E-state index is 11.2. The first-order valence-corrected chi connectivity index (χ1v) is 6.72. The van der Waals surface area contributed by atoms with Crippen LogP contribution in [0.1, 0.15) is 24.8 Å². The molecular formula is C14H21N3O2. The highest BCUT2D eigenvalue weighted by atomic mass is 16.6. The molecule has 0 aliphatic heterocycles. The van der Waals surface area contributed by atoms with Gasteiger partial charge in [0.05, 0.1) is 4.92 Å². The van der Waals surface area contributed by atoms with Gasteiger partial charge in [-0.1, -0.05) is 12.5 Å². The number of rotatable bonds is 4. The molecule has 2 atom stereocenters. The first kappa shape index (κ1) is 13.8. The topological polar surface area (TPSA) is 72.4 Å². The Balaban J connectivity index is 2.34. The largest absolute Gasteiger partial charge is 0.366 e. The Hall–Kier alpha value is -1.62. The van der Waals surface area contributed by atoms with Gasteiger partial charge in [-0.05, 0) is 43.9 Å². The quantitative estimate of drug-likeness (QED) is 0.669. The van der Waals surface area contributed by atoms with Crippen LogP contribution in [0, 0.1) is 23.0 Å². The van der Waals surface area contributed by atoms with Gasteiger partial charge in [-0.3, -0.25) is 10.1 Å². The number of nitro groups is 1. The van der Waals surface area contributed by atoms with Crippen molar-refractivity contribution >= 4 is 11.4 Å². The lowest BCUT2D eigenvalue weighted by Crippen LogP contribution is -2.38. The number of anilines is 1. The Morgan fingerprint density at radius 2 is 2.21 bits per heavy atom. The van der Waals surface area contributed by atoms with Gasteiger partial charge < -0.3 is 10.6 Å². The molecule has 104 valence electrons. The second-order valence-corrected chi connectivity index (χ2v) is 5.35. The van der Waals surface area contributed by atoms with E-state index in [1.165, 1.54) is 0 Å². The summed E-state index contributed by atoms with van der Waals surface area (Å²) >= 11 is 0. The molecule has 2 unspecified atom stereocenters. The molecule has 1 aromatic carbocycles. The maximum absolute atomic E-state index is 11.2. The van der Waals surface area contributed by atoms with Crippen molar-refractivity contribution in [1.82, 2.24) is 0 Å². The molecular weight excluding hydrogens is 242 g/mol. The fraction of sp³-hybridized carbons (Fsp3) is 0.571. The molecule has 0 aromatic heterocycles. The summed E-state index contributed by atoms with van der Waals surface area (Å²) in [6, 6.07) is 5.58. The van der Waals surface area contributed by atoms with Crippen molar-refractivity contribution in [3.05, 3.63) is 33.9 Å².